The molecular formula is C16H27NO3. The third kappa shape index (κ3) is 3.74. The molecule has 0 aliphatic heterocycles. The van der Waals surface area contributed by atoms with E-state index in [1.54, 1.807) is 0 Å². The molecule has 2 aliphatic carbocycles. The fourth-order valence-corrected chi connectivity index (χ4v) is 3.65. The van der Waals surface area contributed by atoms with Gasteiger partial charge in [-0.15, -0.1) is 0 Å². The number of amides is 1. The fourth-order valence-electron chi connectivity index (χ4n) is 3.65. The molecule has 1 amide bonds. The lowest BCUT2D eigenvalue weighted by Gasteiger charge is -2.34. The summed E-state index contributed by atoms with van der Waals surface area (Å²) in [6.07, 6.45) is 6.22. The van der Waals surface area contributed by atoms with Gasteiger partial charge in [0, 0.05) is 12.0 Å². The molecule has 2 fully saturated rings. The first-order valence-corrected chi connectivity index (χ1v) is 8.00. The minimum Gasteiger partial charge on any atom is -0.481 e. The molecule has 0 aromatic rings. The van der Waals surface area contributed by atoms with Crippen LogP contribution in [0.15, 0.2) is 0 Å². The van der Waals surface area contributed by atoms with Gasteiger partial charge in [-0.2, -0.15) is 0 Å². The zero-order valence-electron chi connectivity index (χ0n) is 12.6. The Balaban J connectivity index is 1.84. The average Bonchev–Trinajstić information content (AvgIpc) is 2.43. The highest BCUT2D eigenvalue weighted by atomic mass is 16.4. The van der Waals surface area contributed by atoms with E-state index in [9.17, 15) is 9.59 Å². The fraction of sp³-hybridized carbons (Fsp3) is 0.875. The summed E-state index contributed by atoms with van der Waals surface area (Å²) in [5.41, 5.74) is 0. The standard InChI is InChI=1S/C16H27NO3/c1-10-6-7-14(8-11(10)2)17-15(18)12-4-3-5-13(9-12)16(19)20/h10-14H,3-9H2,1-2H3,(H,17,18)(H,19,20). The van der Waals surface area contributed by atoms with Crippen LogP contribution < -0.4 is 5.32 Å². The van der Waals surface area contributed by atoms with Crippen LogP contribution in [0.4, 0.5) is 0 Å². The van der Waals surface area contributed by atoms with Crippen molar-refractivity contribution in [3.63, 3.8) is 0 Å². The Bertz CT molecular complexity index is 369. The molecule has 0 aromatic heterocycles. The van der Waals surface area contributed by atoms with Gasteiger partial charge in [-0.3, -0.25) is 9.59 Å². The number of carbonyl (C=O) groups excluding carboxylic acids is 1. The Morgan fingerprint density at radius 3 is 2.30 bits per heavy atom. The van der Waals surface area contributed by atoms with Crippen molar-refractivity contribution in [3.8, 4) is 0 Å². The van der Waals surface area contributed by atoms with Crippen LogP contribution in [0.25, 0.3) is 0 Å². The third-order valence-corrected chi connectivity index (χ3v) is 5.34. The van der Waals surface area contributed by atoms with Crippen LogP contribution in [0.2, 0.25) is 0 Å². The lowest BCUT2D eigenvalue weighted by molar-refractivity contribution is -0.144. The lowest BCUT2D eigenvalue weighted by atomic mass is 9.78. The van der Waals surface area contributed by atoms with E-state index >= 15 is 0 Å². The second kappa shape index (κ2) is 6.59. The SMILES string of the molecule is CC1CCC(NC(=O)C2CCCC(C(=O)O)C2)CC1C. The maximum absolute atomic E-state index is 12.3. The van der Waals surface area contributed by atoms with E-state index in [1.807, 2.05) is 0 Å². The largest absolute Gasteiger partial charge is 0.481 e. The number of hydrogen-bond donors (Lipinski definition) is 2. The van der Waals surface area contributed by atoms with Gasteiger partial charge < -0.3 is 10.4 Å². The number of carboxylic acid groups (broad SMARTS) is 1. The first-order valence-electron chi connectivity index (χ1n) is 8.00. The van der Waals surface area contributed by atoms with Crippen LogP contribution in [-0.4, -0.2) is 23.0 Å². The molecule has 5 atom stereocenters. The molecule has 2 rings (SSSR count). The van der Waals surface area contributed by atoms with Gasteiger partial charge in [-0.1, -0.05) is 20.3 Å². The van der Waals surface area contributed by atoms with E-state index < -0.39 is 5.97 Å². The molecule has 4 nitrogen and oxygen atoms in total. The van der Waals surface area contributed by atoms with Gasteiger partial charge in [0.1, 0.15) is 0 Å². The van der Waals surface area contributed by atoms with Gasteiger partial charge in [0.2, 0.25) is 5.91 Å². The van der Waals surface area contributed by atoms with Crippen molar-refractivity contribution in [1.29, 1.82) is 0 Å². The van der Waals surface area contributed by atoms with Crippen LogP contribution >= 0.6 is 0 Å². The molecule has 0 radical (unpaired) electrons. The zero-order valence-corrected chi connectivity index (χ0v) is 12.6. The molecule has 2 saturated carbocycles. The number of carboxylic acids is 1. The summed E-state index contributed by atoms with van der Waals surface area (Å²) < 4.78 is 0. The van der Waals surface area contributed by atoms with Gasteiger partial charge in [0.15, 0.2) is 0 Å². The average molecular weight is 281 g/mol. The van der Waals surface area contributed by atoms with Crippen molar-refractivity contribution in [2.75, 3.05) is 0 Å². The highest BCUT2D eigenvalue weighted by Crippen LogP contribution is 2.32. The normalized spacial score (nSPS) is 38.2. The number of hydrogen-bond acceptors (Lipinski definition) is 2. The van der Waals surface area contributed by atoms with Gasteiger partial charge in [-0.25, -0.2) is 0 Å². The highest BCUT2D eigenvalue weighted by molar-refractivity contribution is 5.80. The molecule has 0 spiro atoms. The molecule has 0 saturated heterocycles. The predicted molar refractivity (Wildman–Crippen MR) is 77.2 cm³/mol. The van der Waals surface area contributed by atoms with Crippen LogP contribution in [0.1, 0.15) is 58.8 Å². The van der Waals surface area contributed by atoms with Crippen molar-refractivity contribution in [1.82, 2.24) is 5.32 Å². The summed E-state index contributed by atoms with van der Waals surface area (Å²) in [4.78, 5) is 23.4. The number of rotatable bonds is 3. The predicted octanol–water partition coefficient (Wildman–Crippen LogP) is 2.82. The van der Waals surface area contributed by atoms with Crippen LogP contribution in [0.5, 0.6) is 0 Å². The highest BCUT2D eigenvalue weighted by Gasteiger charge is 2.33. The summed E-state index contributed by atoms with van der Waals surface area (Å²) in [6.45, 7) is 4.53. The molecule has 114 valence electrons. The van der Waals surface area contributed by atoms with Crippen LogP contribution in [0, 0.1) is 23.7 Å². The Morgan fingerprint density at radius 2 is 1.65 bits per heavy atom. The molecular weight excluding hydrogens is 254 g/mol. The van der Waals surface area contributed by atoms with Crippen LogP contribution in [-0.2, 0) is 9.59 Å². The quantitative estimate of drug-likeness (QED) is 0.836. The molecule has 2 N–H and O–H groups in total. The lowest BCUT2D eigenvalue weighted by Crippen LogP contribution is -2.44. The number of carbonyl (C=O) groups is 2. The second-order valence-corrected chi connectivity index (χ2v) is 6.87. The molecule has 2 aliphatic rings. The summed E-state index contributed by atoms with van der Waals surface area (Å²) >= 11 is 0. The Hall–Kier alpha value is -1.06. The zero-order chi connectivity index (χ0) is 14.7. The smallest absolute Gasteiger partial charge is 0.306 e. The van der Waals surface area contributed by atoms with E-state index in [0.717, 1.165) is 38.0 Å². The molecule has 4 heteroatoms. The molecule has 20 heavy (non-hydrogen) atoms. The summed E-state index contributed by atoms with van der Waals surface area (Å²) in [6, 6.07) is 0.291. The Labute approximate surface area is 121 Å². The van der Waals surface area contributed by atoms with Gasteiger partial charge in [0.05, 0.1) is 5.92 Å². The monoisotopic (exact) mass is 281 g/mol. The van der Waals surface area contributed by atoms with Crippen molar-refractivity contribution in [2.24, 2.45) is 23.7 Å². The summed E-state index contributed by atoms with van der Waals surface area (Å²) in [7, 11) is 0. The molecule has 0 heterocycles. The Morgan fingerprint density at radius 1 is 0.950 bits per heavy atom. The number of nitrogens with one attached hydrogen (secondary N) is 1. The van der Waals surface area contributed by atoms with Crippen molar-refractivity contribution >= 4 is 11.9 Å². The maximum Gasteiger partial charge on any atom is 0.306 e. The molecule has 0 bridgehead atoms. The first kappa shape index (κ1) is 15.3. The minimum absolute atomic E-state index is 0.0858. The first-order chi connectivity index (χ1) is 9.47. The number of aliphatic carboxylic acids is 1. The van der Waals surface area contributed by atoms with E-state index in [4.69, 9.17) is 5.11 Å². The molecule has 0 aromatic carbocycles. The molecule has 5 unspecified atom stereocenters. The summed E-state index contributed by atoms with van der Waals surface area (Å²) in [5, 5.41) is 12.3. The van der Waals surface area contributed by atoms with E-state index in [1.165, 1.54) is 6.42 Å². The van der Waals surface area contributed by atoms with Crippen molar-refractivity contribution in [3.05, 3.63) is 0 Å². The summed E-state index contributed by atoms with van der Waals surface area (Å²) in [5.74, 6) is 0.316. The van der Waals surface area contributed by atoms with Gasteiger partial charge in [-0.05, 0) is 50.4 Å². The van der Waals surface area contributed by atoms with Crippen LogP contribution in [0.3, 0.4) is 0 Å². The maximum atomic E-state index is 12.3. The Kier molecular flexibility index (Phi) is 5.06. The van der Waals surface area contributed by atoms with E-state index in [-0.39, 0.29) is 17.7 Å². The van der Waals surface area contributed by atoms with Gasteiger partial charge in [0.25, 0.3) is 0 Å². The minimum atomic E-state index is -0.748. The van der Waals surface area contributed by atoms with E-state index in [2.05, 4.69) is 19.2 Å². The third-order valence-electron chi connectivity index (χ3n) is 5.34. The topological polar surface area (TPSA) is 66.4 Å². The van der Waals surface area contributed by atoms with Crippen molar-refractivity contribution < 1.29 is 14.7 Å². The van der Waals surface area contributed by atoms with E-state index in [0.29, 0.717) is 18.4 Å². The van der Waals surface area contributed by atoms with Crippen molar-refractivity contribution in [2.45, 2.75) is 64.8 Å². The van der Waals surface area contributed by atoms with Gasteiger partial charge >= 0.3 is 5.97 Å². The second-order valence-electron chi connectivity index (χ2n) is 6.87.